The zero-order chi connectivity index (χ0) is 57.9. The first-order valence-corrected chi connectivity index (χ1v) is 29.3. The molecule has 9 heterocycles. The summed E-state index contributed by atoms with van der Waals surface area (Å²) >= 11 is 0. The number of aryl methyl sites for hydroxylation is 1. The van der Waals surface area contributed by atoms with Crippen molar-refractivity contribution in [3.8, 4) is 35.4 Å². The first kappa shape index (κ1) is 56.1. The summed E-state index contributed by atoms with van der Waals surface area (Å²) in [5, 5.41) is 3.59. The van der Waals surface area contributed by atoms with Gasteiger partial charge in [-0.15, -0.1) is 6.42 Å². The van der Waals surface area contributed by atoms with Crippen LogP contribution in [0.3, 0.4) is 0 Å². The number of methoxy groups -OCH3 is 1. The Morgan fingerprint density at radius 2 is 1.58 bits per heavy atom. The van der Waals surface area contributed by atoms with E-state index >= 15 is 8.78 Å². The van der Waals surface area contributed by atoms with Crippen molar-refractivity contribution in [1.82, 2.24) is 44.1 Å². The standard InChI is InChI=1S/C62H73F2N11O8/c1-7-44-47(63)12-8-39-30-43(82-37-80-6)32-45(52(39)44)54-53(64)55-46(33-65-54)56(73-35-41-9-10-42(36-73)74(41)60(79)83-61(2,3)4)68-58(67-55)81-29-28-70-24-18-62(19-25-70)20-26-71(27-21-62)34-38-16-22-72(23-17-38)40-11-13-48-50(31-40)69(5)59(78)75(48)49-14-15-51(76)66-57(49)77/h1,8,11-13,30-33,38,41-42,49H,9-10,14-29,34-37H2,2-6H3,(H,66,76,77). The van der Waals surface area contributed by atoms with Gasteiger partial charge < -0.3 is 33.6 Å². The van der Waals surface area contributed by atoms with Gasteiger partial charge in [-0.05, 0) is 158 Å². The molecule has 6 aliphatic rings. The Balaban J connectivity index is 0.691. The molecule has 1 N–H and O–H groups in total. The second-order valence-electron chi connectivity index (χ2n) is 24.6. The second-order valence-corrected chi connectivity index (χ2v) is 24.6. The molecule has 438 valence electrons. The van der Waals surface area contributed by atoms with Gasteiger partial charge >= 0.3 is 17.8 Å². The summed E-state index contributed by atoms with van der Waals surface area (Å²) in [5.74, 6) is 1.74. The number of hydrogen-bond donors (Lipinski definition) is 1. The lowest BCUT2D eigenvalue weighted by Gasteiger charge is -2.47. The van der Waals surface area contributed by atoms with Gasteiger partial charge in [0.2, 0.25) is 11.8 Å². The third-order valence-corrected chi connectivity index (χ3v) is 18.4. The van der Waals surface area contributed by atoms with Gasteiger partial charge in [-0.2, -0.15) is 9.97 Å². The molecule has 2 bridgehead atoms. The minimum Gasteiger partial charge on any atom is -0.468 e. The van der Waals surface area contributed by atoms with Gasteiger partial charge in [0.15, 0.2) is 12.6 Å². The smallest absolute Gasteiger partial charge is 0.410 e. The minimum atomic E-state index is -0.759. The van der Waals surface area contributed by atoms with E-state index in [9.17, 15) is 19.2 Å². The average Bonchev–Trinajstić information content (AvgIpc) is 3.97. The van der Waals surface area contributed by atoms with Crippen molar-refractivity contribution in [2.24, 2.45) is 18.4 Å². The number of imide groups is 1. The molecule has 3 atom stereocenters. The third kappa shape index (κ3) is 11.1. The van der Waals surface area contributed by atoms with E-state index < -0.39 is 29.2 Å². The summed E-state index contributed by atoms with van der Waals surface area (Å²) in [4.78, 5) is 77.2. The first-order chi connectivity index (χ1) is 40.0. The van der Waals surface area contributed by atoms with E-state index in [1.54, 1.807) is 36.0 Å². The molecule has 21 heteroatoms. The van der Waals surface area contributed by atoms with Crippen LogP contribution in [0.1, 0.15) is 96.6 Å². The van der Waals surface area contributed by atoms with Crippen LogP contribution in [0.15, 0.2) is 53.5 Å². The maximum absolute atomic E-state index is 17.6. The van der Waals surface area contributed by atoms with E-state index in [2.05, 4.69) is 41.9 Å². The highest BCUT2D eigenvalue weighted by atomic mass is 19.1. The Hall–Kier alpha value is -7.41. The lowest BCUT2D eigenvalue weighted by Crippen LogP contribution is -2.57. The van der Waals surface area contributed by atoms with E-state index in [1.165, 1.54) is 30.6 Å². The Kier molecular flexibility index (Phi) is 15.3. The number of rotatable bonds is 13. The third-order valence-electron chi connectivity index (χ3n) is 18.4. The van der Waals surface area contributed by atoms with Gasteiger partial charge in [-0.1, -0.05) is 12.0 Å². The number of piperazine rings is 1. The summed E-state index contributed by atoms with van der Waals surface area (Å²) < 4.78 is 59.3. The van der Waals surface area contributed by atoms with Crippen LogP contribution in [-0.2, 0) is 26.1 Å². The second kappa shape index (κ2) is 22.6. The van der Waals surface area contributed by atoms with E-state index in [0.29, 0.717) is 70.6 Å². The molecule has 0 aliphatic carbocycles. The SMILES string of the molecule is C#Cc1c(F)ccc2cc(OCOC)cc(-c3ncc4c(N5CC6CCC(C5)N6C(=O)OC(C)(C)C)nc(OCCN5CCC6(CC5)CCN(CC5CCN(c7ccc8c(c7)n(C)c(=O)n8C7CCC(=O)NC7=O)CC5)CC6)nc4c3F)c12. The van der Waals surface area contributed by atoms with Crippen molar-refractivity contribution < 1.29 is 42.1 Å². The largest absolute Gasteiger partial charge is 0.468 e. The van der Waals surface area contributed by atoms with Crippen molar-refractivity contribution >= 4 is 62.1 Å². The summed E-state index contributed by atoms with van der Waals surface area (Å²) in [5.41, 5.74) is 2.02. The van der Waals surface area contributed by atoms with E-state index in [4.69, 9.17) is 35.3 Å². The maximum Gasteiger partial charge on any atom is 0.410 e. The number of halogens is 2. The van der Waals surface area contributed by atoms with Gasteiger partial charge in [0.25, 0.3) is 0 Å². The quantitative estimate of drug-likeness (QED) is 0.0672. The van der Waals surface area contributed by atoms with Gasteiger partial charge in [0.05, 0.1) is 34.1 Å². The zero-order valence-electron chi connectivity index (χ0n) is 48.1. The molecule has 1 spiro atoms. The van der Waals surface area contributed by atoms with Gasteiger partial charge in [-0.3, -0.25) is 38.8 Å². The van der Waals surface area contributed by atoms with Crippen LogP contribution in [0.25, 0.3) is 44.0 Å². The number of carbonyl (C=O) groups is 3. The van der Waals surface area contributed by atoms with Crippen LogP contribution in [0.4, 0.5) is 25.1 Å². The van der Waals surface area contributed by atoms with Crippen molar-refractivity contribution in [1.29, 1.82) is 0 Å². The van der Waals surface area contributed by atoms with Gasteiger partial charge in [-0.25, -0.2) is 18.4 Å². The average molecular weight is 1140 g/mol. The van der Waals surface area contributed by atoms with E-state index in [1.807, 2.05) is 37.8 Å². The van der Waals surface area contributed by atoms with E-state index in [0.717, 1.165) is 95.5 Å². The van der Waals surface area contributed by atoms with Crippen LogP contribution in [0.5, 0.6) is 11.8 Å². The van der Waals surface area contributed by atoms with Crippen LogP contribution in [0.2, 0.25) is 0 Å². The van der Waals surface area contributed by atoms with Crippen LogP contribution in [0, 0.1) is 35.3 Å². The first-order valence-electron chi connectivity index (χ1n) is 29.3. The molecule has 0 saturated carbocycles. The highest BCUT2D eigenvalue weighted by Crippen LogP contribution is 2.44. The number of terminal acetylenes is 1. The topological polar surface area (TPSA) is 182 Å². The van der Waals surface area contributed by atoms with Crippen LogP contribution in [-0.4, -0.2) is 160 Å². The number of hydrogen-bond acceptors (Lipinski definition) is 15. The number of amides is 3. The molecule has 3 aromatic carbocycles. The number of ether oxygens (including phenoxy) is 4. The fourth-order valence-electron chi connectivity index (χ4n) is 13.9. The molecule has 3 aromatic heterocycles. The highest BCUT2D eigenvalue weighted by Gasteiger charge is 2.46. The lowest BCUT2D eigenvalue weighted by atomic mass is 9.71. The number of anilines is 2. The zero-order valence-corrected chi connectivity index (χ0v) is 48.1. The number of pyridine rings is 1. The number of fused-ring (bicyclic) bond motifs is 5. The summed E-state index contributed by atoms with van der Waals surface area (Å²) in [6.07, 6.45) is 15.9. The fourth-order valence-corrected chi connectivity index (χ4v) is 13.9. The number of nitrogens with zero attached hydrogens (tertiary/aromatic N) is 10. The molecule has 83 heavy (non-hydrogen) atoms. The maximum atomic E-state index is 17.6. The van der Waals surface area contributed by atoms with Gasteiger partial charge in [0.1, 0.15) is 46.8 Å². The number of aromatic nitrogens is 5. The Labute approximate surface area is 481 Å². The van der Waals surface area contributed by atoms with Crippen LogP contribution >= 0.6 is 0 Å². The summed E-state index contributed by atoms with van der Waals surface area (Å²) in [6, 6.07) is 11.2. The number of piperidine rings is 4. The molecular formula is C62H73F2N11O8. The minimum absolute atomic E-state index is 0.0169. The molecule has 6 aromatic rings. The van der Waals surface area contributed by atoms with Crippen molar-refractivity contribution in [2.45, 2.75) is 109 Å². The molecule has 6 saturated heterocycles. The fraction of sp³-hybridized carbons (Fsp3) is 0.532. The Bertz CT molecular complexity index is 3590. The van der Waals surface area contributed by atoms with E-state index in [-0.39, 0.29) is 77.9 Å². The predicted molar refractivity (Wildman–Crippen MR) is 311 cm³/mol. The Morgan fingerprint density at radius 3 is 2.27 bits per heavy atom. The number of nitrogens with one attached hydrogen (secondary N) is 1. The van der Waals surface area contributed by atoms with Crippen molar-refractivity contribution in [3.05, 3.63) is 76.3 Å². The molecule has 12 rings (SSSR count). The lowest BCUT2D eigenvalue weighted by molar-refractivity contribution is -0.135. The van der Waals surface area contributed by atoms with Gasteiger partial charge in [0, 0.05) is 82.7 Å². The van der Waals surface area contributed by atoms with Crippen LogP contribution < -0.4 is 30.3 Å². The summed E-state index contributed by atoms with van der Waals surface area (Å²) in [7, 11) is 3.23. The number of likely N-dealkylation sites (tertiary alicyclic amines) is 2. The monoisotopic (exact) mass is 1140 g/mol. The normalized spacial score (nSPS) is 21.8. The van der Waals surface area contributed by atoms with Crippen molar-refractivity contribution in [3.63, 3.8) is 0 Å². The molecule has 19 nitrogen and oxygen atoms in total. The number of benzene rings is 3. The molecule has 3 unspecified atom stereocenters. The van der Waals surface area contributed by atoms with Crippen molar-refractivity contribution in [2.75, 3.05) is 95.8 Å². The predicted octanol–water partition coefficient (Wildman–Crippen LogP) is 7.78. The molecule has 3 amide bonds. The molecular weight excluding hydrogens is 1060 g/mol. The number of imidazole rings is 1. The summed E-state index contributed by atoms with van der Waals surface area (Å²) in [6.45, 7) is 14.3. The molecule has 0 radical (unpaired) electrons. The molecule has 6 fully saturated rings. The Morgan fingerprint density at radius 1 is 0.855 bits per heavy atom. The molecule has 6 aliphatic heterocycles. The highest BCUT2D eigenvalue weighted by molar-refractivity contribution is 6.03. The number of carbonyl (C=O) groups excluding carboxylic acids is 3.